The Hall–Kier alpha value is -3.48. The maximum absolute atomic E-state index is 4.22. The monoisotopic (exact) mass is 533 g/mol. The highest BCUT2D eigenvalue weighted by molar-refractivity contribution is 5.90. The average Bonchev–Trinajstić information content (AvgIpc) is 3.54. The zero-order chi connectivity index (χ0) is 29.9. The van der Waals surface area contributed by atoms with Crippen LogP contribution in [0.1, 0.15) is 100 Å². The molecule has 0 saturated heterocycles. The first-order chi connectivity index (χ1) is 17.8. The van der Waals surface area contributed by atoms with Crippen molar-refractivity contribution in [1.29, 1.82) is 0 Å². The number of nitrogens with one attached hydrogen (secondary N) is 3. The van der Waals surface area contributed by atoms with Crippen molar-refractivity contribution in [2.24, 2.45) is 10.4 Å². The zero-order valence-electron chi connectivity index (χ0n) is 26.3. The summed E-state index contributed by atoms with van der Waals surface area (Å²) in [5.41, 5.74) is 2.93. The Morgan fingerprint density at radius 2 is 1.28 bits per heavy atom. The van der Waals surface area contributed by atoms with E-state index in [0.29, 0.717) is 5.41 Å². The summed E-state index contributed by atoms with van der Waals surface area (Å²) >= 11 is 0. The summed E-state index contributed by atoms with van der Waals surface area (Å²) in [7, 11) is 0. The summed E-state index contributed by atoms with van der Waals surface area (Å²) in [5, 5.41) is 9.69. The molecule has 214 valence electrons. The summed E-state index contributed by atoms with van der Waals surface area (Å²) in [4.78, 5) is 15.4. The molecule has 0 spiro atoms. The van der Waals surface area contributed by atoms with Crippen LogP contribution in [0, 0.1) is 5.41 Å². The fraction of sp³-hybridized carbons (Fsp3) is 0.500. The Labute approximate surface area is 236 Å². The van der Waals surface area contributed by atoms with Gasteiger partial charge in [-0.15, -0.1) is 0 Å². The summed E-state index contributed by atoms with van der Waals surface area (Å²) < 4.78 is 0. The maximum atomic E-state index is 4.22. The Morgan fingerprint density at radius 1 is 0.692 bits per heavy atom. The van der Waals surface area contributed by atoms with Gasteiger partial charge in [-0.05, 0) is 17.1 Å². The summed E-state index contributed by atoms with van der Waals surface area (Å²) in [6, 6.07) is 10.6. The molecule has 0 atom stereocenters. The molecule has 0 unspecified atom stereocenters. The molecule has 0 amide bonds. The lowest BCUT2D eigenvalue weighted by Crippen LogP contribution is -2.34. The molecule has 0 saturated carbocycles. The normalized spacial score (nSPS) is 13.4. The summed E-state index contributed by atoms with van der Waals surface area (Å²) in [6.07, 6.45) is 8.79. The van der Waals surface area contributed by atoms with Crippen molar-refractivity contribution in [2.75, 3.05) is 0 Å². The van der Waals surface area contributed by atoms with Crippen LogP contribution in [-0.2, 0) is 16.2 Å². The molecule has 1 aliphatic heterocycles. The van der Waals surface area contributed by atoms with Crippen LogP contribution in [0.3, 0.4) is 0 Å². The van der Waals surface area contributed by atoms with Crippen molar-refractivity contribution in [3.63, 3.8) is 0 Å². The molecular formula is C32H51N7. The van der Waals surface area contributed by atoms with E-state index in [-0.39, 0.29) is 16.2 Å². The van der Waals surface area contributed by atoms with E-state index in [4.69, 9.17) is 0 Å². The number of nitrogens with zero attached hydrogens (tertiary/aromatic N) is 4. The number of hydrogen-bond donors (Lipinski definition) is 3. The molecule has 0 fully saturated rings. The first-order valence-corrected chi connectivity index (χ1v) is 13.4. The highest BCUT2D eigenvalue weighted by Gasteiger charge is 2.20. The standard InChI is InChI=1S/C10H14.C9H14N2.C7H12N2.C6H11N3/c1-10(2,3)9-7-5-4-6-8-9;1-7-5-6-10-8(11-7)9(2,3)4;1-7(2,3)6-8-4-5-9-6;1-6(2,3)5-7-4-8-9-5/h4-8H,1-3H3;5-6H,1H2,2-4H3,(H,10,11);4-5H,1-3H3,(H,8,9);4H,1-3H3,(H,7,8,9). The Kier molecular flexibility index (Phi) is 12.1. The smallest absolute Gasteiger partial charge is 0.137 e. The van der Waals surface area contributed by atoms with Crippen molar-refractivity contribution >= 4 is 5.84 Å². The molecule has 7 nitrogen and oxygen atoms in total. The second-order valence-electron chi connectivity index (χ2n) is 13.6. The van der Waals surface area contributed by atoms with Crippen molar-refractivity contribution in [1.82, 2.24) is 30.5 Å². The van der Waals surface area contributed by atoms with Crippen LogP contribution < -0.4 is 5.32 Å². The number of imidazole rings is 1. The van der Waals surface area contributed by atoms with E-state index in [0.717, 1.165) is 23.2 Å². The van der Waals surface area contributed by atoms with Gasteiger partial charge in [-0.25, -0.2) is 15.0 Å². The minimum absolute atomic E-state index is 0.0771. The molecule has 0 radical (unpaired) electrons. The number of allylic oxidation sites excluding steroid dienone is 1. The number of H-pyrrole nitrogens is 2. The molecule has 3 aromatic rings. The van der Waals surface area contributed by atoms with E-state index in [1.165, 1.54) is 11.9 Å². The fourth-order valence-electron chi connectivity index (χ4n) is 2.99. The van der Waals surface area contributed by atoms with Crippen molar-refractivity contribution < 1.29 is 0 Å². The Balaban J connectivity index is 0.000000261. The Bertz CT molecular complexity index is 1100. The lowest BCUT2D eigenvalue weighted by molar-refractivity contribution is 0.548. The predicted octanol–water partition coefficient (Wildman–Crippen LogP) is 7.86. The maximum Gasteiger partial charge on any atom is 0.137 e. The minimum Gasteiger partial charge on any atom is -0.348 e. The van der Waals surface area contributed by atoms with Crippen LogP contribution in [0.25, 0.3) is 0 Å². The third kappa shape index (κ3) is 13.2. The number of benzene rings is 1. The molecule has 3 N–H and O–H groups in total. The highest BCUT2D eigenvalue weighted by atomic mass is 15.2. The molecule has 1 aromatic carbocycles. The molecule has 4 rings (SSSR count). The van der Waals surface area contributed by atoms with Crippen molar-refractivity contribution in [2.45, 2.75) is 99.3 Å². The first-order valence-electron chi connectivity index (χ1n) is 13.4. The summed E-state index contributed by atoms with van der Waals surface area (Å²) in [6.45, 7) is 29.5. The number of aliphatic imine (C=N–C) groups is 1. The van der Waals surface area contributed by atoms with Crippen LogP contribution >= 0.6 is 0 Å². The minimum atomic E-state index is 0.0771. The largest absolute Gasteiger partial charge is 0.348 e. The van der Waals surface area contributed by atoms with Gasteiger partial charge in [0.1, 0.15) is 23.8 Å². The van der Waals surface area contributed by atoms with Gasteiger partial charge in [0.2, 0.25) is 0 Å². The van der Waals surface area contributed by atoms with Gasteiger partial charge in [0, 0.05) is 40.5 Å². The zero-order valence-corrected chi connectivity index (χ0v) is 26.3. The van der Waals surface area contributed by atoms with E-state index < -0.39 is 0 Å². The number of rotatable bonds is 0. The van der Waals surface area contributed by atoms with Gasteiger partial charge in [-0.1, -0.05) is 120 Å². The molecule has 3 heterocycles. The van der Waals surface area contributed by atoms with Crippen LogP contribution in [-0.4, -0.2) is 31.0 Å². The molecule has 39 heavy (non-hydrogen) atoms. The van der Waals surface area contributed by atoms with E-state index in [1.54, 1.807) is 12.4 Å². The lowest BCUT2D eigenvalue weighted by atomic mass is 9.87. The van der Waals surface area contributed by atoms with Gasteiger partial charge in [0.25, 0.3) is 0 Å². The average molecular weight is 534 g/mol. The molecule has 7 heteroatoms. The first kappa shape index (κ1) is 33.5. The van der Waals surface area contributed by atoms with Crippen LogP contribution in [0.2, 0.25) is 0 Å². The van der Waals surface area contributed by atoms with E-state index in [2.05, 4.69) is 155 Å². The SMILES string of the molecule is C=C1C=CN=C(C(C)(C)C)N1.CC(C)(C)c1ccccc1.CC(C)(C)c1ncc[nH]1.CC(C)(C)c1ncn[nH]1. The molecule has 1 aliphatic rings. The highest BCUT2D eigenvalue weighted by Crippen LogP contribution is 2.21. The van der Waals surface area contributed by atoms with Gasteiger partial charge < -0.3 is 10.3 Å². The number of hydrogen-bond acceptors (Lipinski definition) is 5. The van der Waals surface area contributed by atoms with Crippen LogP contribution in [0.5, 0.6) is 0 Å². The second kappa shape index (κ2) is 14.1. The van der Waals surface area contributed by atoms with Gasteiger partial charge in [0.15, 0.2) is 0 Å². The van der Waals surface area contributed by atoms with Crippen LogP contribution in [0.15, 0.2) is 78.6 Å². The topological polar surface area (TPSA) is 94.6 Å². The number of amidine groups is 1. The van der Waals surface area contributed by atoms with E-state index >= 15 is 0 Å². The predicted molar refractivity (Wildman–Crippen MR) is 166 cm³/mol. The van der Waals surface area contributed by atoms with Gasteiger partial charge in [-0.3, -0.25) is 5.10 Å². The van der Waals surface area contributed by atoms with Crippen molar-refractivity contribution in [3.8, 4) is 0 Å². The van der Waals surface area contributed by atoms with Crippen molar-refractivity contribution in [3.05, 3.63) is 90.8 Å². The molecule has 2 aromatic heterocycles. The second-order valence-corrected chi connectivity index (χ2v) is 13.6. The third-order valence-corrected chi connectivity index (χ3v) is 5.44. The van der Waals surface area contributed by atoms with Gasteiger partial charge >= 0.3 is 0 Å². The molecule has 0 bridgehead atoms. The van der Waals surface area contributed by atoms with Gasteiger partial charge in [-0.2, -0.15) is 5.10 Å². The fourth-order valence-corrected chi connectivity index (χ4v) is 2.99. The van der Waals surface area contributed by atoms with E-state index in [1.807, 2.05) is 12.3 Å². The quantitative estimate of drug-likeness (QED) is 0.274. The number of aromatic amines is 2. The van der Waals surface area contributed by atoms with Gasteiger partial charge in [0.05, 0.1) is 0 Å². The molecular weight excluding hydrogens is 482 g/mol. The third-order valence-electron chi connectivity index (χ3n) is 5.44. The van der Waals surface area contributed by atoms with E-state index in [9.17, 15) is 0 Å². The molecule has 0 aliphatic carbocycles. The number of aromatic nitrogens is 5. The van der Waals surface area contributed by atoms with Crippen LogP contribution in [0.4, 0.5) is 0 Å². The lowest BCUT2D eigenvalue weighted by Gasteiger charge is -2.24. The summed E-state index contributed by atoms with van der Waals surface area (Å²) in [5.74, 6) is 2.95. The Morgan fingerprint density at radius 3 is 1.56 bits per heavy atom.